The highest BCUT2D eigenvalue weighted by Gasteiger charge is 2.14. The van der Waals surface area contributed by atoms with E-state index in [-0.39, 0.29) is 24.3 Å². The van der Waals surface area contributed by atoms with Gasteiger partial charge in [-0.15, -0.1) is 11.3 Å². The first-order valence-corrected chi connectivity index (χ1v) is 10.5. The van der Waals surface area contributed by atoms with Crippen molar-refractivity contribution in [3.63, 3.8) is 0 Å². The van der Waals surface area contributed by atoms with E-state index in [0.29, 0.717) is 23.5 Å². The van der Waals surface area contributed by atoms with E-state index in [4.69, 9.17) is 4.74 Å². The van der Waals surface area contributed by atoms with Gasteiger partial charge in [0.15, 0.2) is 0 Å². The van der Waals surface area contributed by atoms with Gasteiger partial charge in [-0.3, -0.25) is 14.2 Å². The molecule has 0 fully saturated rings. The molecule has 0 aliphatic carbocycles. The molecule has 2 aromatic carbocycles. The fraction of sp³-hybridized carbons (Fsp3) is 0.174. The third-order valence-corrected chi connectivity index (χ3v) is 5.66. The van der Waals surface area contributed by atoms with Crippen LogP contribution in [-0.4, -0.2) is 22.6 Å². The summed E-state index contributed by atoms with van der Waals surface area (Å²) in [7, 11) is 1.60. The van der Waals surface area contributed by atoms with Crippen LogP contribution in [0.25, 0.3) is 16.7 Å². The van der Waals surface area contributed by atoms with Crippen molar-refractivity contribution in [1.82, 2.24) is 14.9 Å². The van der Waals surface area contributed by atoms with Crippen LogP contribution < -0.4 is 15.6 Å². The predicted octanol–water partition coefficient (Wildman–Crippen LogP) is 3.70. The van der Waals surface area contributed by atoms with Gasteiger partial charge in [0.05, 0.1) is 24.7 Å². The van der Waals surface area contributed by atoms with E-state index in [9.17, 15) is 9.59 Å². The molecule has 7 heteroatoms. The van der Waals surface area contributed by atoms with Crippen molar-refractivity contribution in [3.8, 4) is 11.4 Å². The predicted molar refractivity (Wildman–Crippen MR) is 118 cm³/mol. The summed E-state index contributed by atoms with van der Waals surface area (Å²) in [6.07, 6.45) is 0.477. The minimum Gasteiger partial charge on any atom is -0.497 e. The van der Waals surface area contributed by atoms with Crippen molar-refractivity contribution < 1.29 is 9.53 Å². The molecule has 0 aliphatic heterocycles. The number of carbonyl (C=O) groups is 1. The molecule has 152 valence electrons. The number of fused-ring (bicyclic) bond motifs is 1. The molecule has 1 amide bonds. The lowest BCUT2D eigenvalue weighted by atomic mass is 10.2. The molecule has 0 radical (unpaired) electrons. The molecule has 1 N–H and O–H groups in total. The molecule has 6 nitrogen and oxygen atoms in total. The molecule has 0 saturated heterocycles. The zero-order valence-electron chi connectivity index (χ0n) is 16.5. The summed E-state index contributed by atoms with van der Waals surface area (Å²) in [5.41, 5.74) is 2.31. The molecule has 0 aliphatic rings. The quantitative estimate of drug-likeness (QED) is 0.496. The van der Waals surface area contributed by atoms with Crippen LogP contribution in [-0.2, 0) is 17.8 Å². The van der Waals surface area contributed by atoms with E-state index in [1.165, 1.54) is 0 Å². The third-order valence-electron chi connectivity index (χ3n) is 4.79. The highest BCUT2D eigenvalue weighted by molar-refractivity contribution is 7.09. The summed E-state index contributed by atoms with van der Waals surface area (Å²) < 4.78 is 6.86. The summed E-state index contributed by atoms with van der Waals surface area (Å²) >= 11 is 1.60. The number of hydrogen-bond donors (Lipinski definition) is 1. The fourth-order valence-corrected chi connectivity index (χ4v) is 3.89. The van der Waals surface area contributed by atoms with Gasteiger partial charge in [-0.1, -0.05) is 18.2 Å². The average molecular weight is 420 g/mol. The molecule has 2 heterocycles. The summed E-state index contributed by atoms with van der Waals surface area (Å²) in [6, 6.07) is 18.7. The van der Waals surface area contributed by atoms with Crippen molar-refractivity contribution in [2.45, 2.75) is 19.4 Å². The minimum absolute atomic E-state index is 0.103. The molecule has 0 spiro atoms. The Morgan fingerprint density at radius 3 is 2.63 bits per heavy atom. The third kappa shape index (κ3) is 4.26. The van der Waals surface area contributed by atoms with Gasteiger partial charge >= 0.3 is 0 Å². The first kappa shape index (κ1) is 19.8. The van der Waals surface area contributed by atoms with Crippen LogP contribution in [0, 0.1) is 0 Å². The topological polar surface area (TPSA) is 73.2 Å². The Hall–Kier alpha value is -3.45. The van der Waals surface area contributed by atoms with Gasteiger partial charge in [-0.05, 0) is 47.8 Å². The van der Waals surface area contributed by atoms with Crippen molar-refractivity contribution in [2.75, 3.05) is 7.11 Å². The van der Waals surface area contributed by atoms with E-state index in [1.807, 2.05) is 66.0 Å². The molecule has 30 heavy (non-hydrogen) atoms. The molecule has 0 atom stereocenters. The lowest BCUT2D eigenvalue weighted by molar-refractivity contribution is -0.121. The van der Waals surface area contributed by atoms with Crippen LogP contribution in [0.4, 0.5) is 0 Å². The Kier molecular flexibility index (Phi) is 5.90. The van der Waals surface area contributed by atoms with Gasteiger partial charge in [0.25, 0.3) is 5.56 Å². The number of nitrogens with one attached hydrogen (secondary N) is 1. The highest BCUT2D eigenvalue weighted by atomic mass is 32.1. The number of hydrogen-bond acceptors (Lipinski definition) is 5. The van der Waals surface area contributed by atoms with Gasteiger partial charge < -0.3 is 10.1 Å². The maximum atomic E-state index is 13.2. The van der Waals surface area contributed by atoms with Gasteiger partial charge in [0.1, 0.15) is 11.4 Å². The molecular formula is C23H21N3O3S. The normalized spacial score (nSPS) is 10.8. The second-order valence-electron chi connectivity index (χ2n) is 6.74. The van der Waals surface area contributed by atoms with Crippen LogP contribution >= 0.6 is 11.3 Å². The second kappa shape index (κ2) is 8.92. The summed E-state index contributed by atoms with van der Waals surface area (Å²) in [4.78, 5) is 31.1. The SMILES string of the molecule is COc1ccc(-n2c(=O)c(CCC(=O)NCc3cccs3)nc3ccccc32)cc1. The van der Waals surface area contributed by atoms with Crippen LogP contribution in [0.15, 0.2) is 70.8 Å². The Labute approximate surface area is 177 Å². The molecular weight excluding hydrogens is 398 g/mol. The van der Waals surface area contributed by atoms with Crippen molar-refractivity contribution in [2.24, 2.45) is 0 Å². The first-order chi connectivity index (χ1) is 14.7. The van der Waals surface area contributed by atoms with Crippen molar-refractivity contribution >= 4 is 28.3 Å². The molecule has 4 aromatic rings. The van der Waals surface area contributed by atoms with Gasteiger partial charge in [0, 0.05) is 23.4 Å². The molecule has 4 rings (SSSR count). The number of carbonyl (C=O) groups excluding carboxylic acids is 1. The fourth-order valence-electron chi connectivity index (χ4n) is 3.25. The number of aromatic nitrogens is 2. The smallest absolute Gasteiger partial charge is 0.277 e. The van der Waals surface area contributed by atoms with E-state index in [0.717, 1.165) is 16.1 Å². The number of para-hydroxylation sites is 2. The number of rotatable bonds is 7. The largest absolute Gasteiger partial charge is 0.497 e. The second-order valence-corrected chi connectivity index (χ2v) is 7.77. The maximum Gasteiger partial charge on any atom is 0.277 e. The van der Waals surface area contributed by atoms with Gasteiger partial charge in [-0.25, -0.2) is 4.98 Å². The van der Waals surface area contributed by atoms with Crippen molar-refractivity contribution in [3.05, 3.63) is 87.0 Å². The Morgan fingerprint density at radius 1 is 1.10 bits per heavy atom. The van der Waals surface area contributed by atoms with E-state index >= 15 is 0 Å². The monoisotopic (exact) mass is 419 g/mol. The lowest BCUT2D eigenvalue weighted by Gasteiger charge is -2.13. The van der Waals surface area contributed by atoms with Gasteiger partial charge in [0.2, 0.25) is 5.91 Å². The number of amides is 1. The number of methoxy groups -OCH3 is 1. The summed E-state index contributed by atoms with van der Waals surface area (Å²) in [6.45, 7) is 0.498. The summed E-state index contributed by atoms with van der Waals surface area (Å²) in [5, 5.41) is 4.87. The zero-order chi connectivity index (χ0) is 20.9. The average Bonchev–Trinajstić information content (AvgIpc) is 3.30. The molecule has 0 unspecified atom stereocenters. The molecule has 0 bridgehead atoms. The van der Waals surface area contributed by atoms with Crippen LogP contribution in [0.3, 0.4) is 0 Å². The van der Waals surface area contributed by atoms with Crippen LogP contribution in [0.5, 0.6) is 5.75 Å². The Morgan fingerprint density at radius 2 is 1.90 bits per heavy atom. The first-order valence-electron chi connectivity index (χ1n) is 9.60. The molecule has 2 aromatic heterocycles. The highest BCUT2D eigenvalue weighted by Crippen LogP contribution is 2.19. The van der Waals surface area contributed by atoms with Crippen molar-refractivity contribution in [1.29, 1.82) is 0 Å². The van der Waals surface area contributed by atoms with Crippen LogP contribution in [0.2, 0.25) is 0 Å². The number of thiophene rings is 1. The minimum atomic E-state index is -0.218. The number of aryl methyl sites for hydroxylation is 1. The lowest BCUT2D eigenvalue weighted by Crippen LogP contribution is -2.27. The Balaban J connectivity index is 1.61. The van der Waals surface area contributed by atoms with E-state index in [2.05, 4.69) is 10.3 Å². The standard InChI is InChI=1S/C23H21N3O3S/c1-29-17-10-8-16(9-11-17)26-21-7-3-2-6-19(21)25-20(23(26)28)12-13-22(27)24-15-18-5-4-14-30-18/h2-11,14H,12-13,15H2,1H3,(H,24,27). The van der Waals surface area contributed by atoms with Crippen LogP contribution in [0.1, 0.15) is 17.0 Å². The maximum absolute atomic E-state index is 13.2. The Bertz CT molecular complexity index is 1210. The van der Waals surface area contributed by atoms with E-state index < -0.39 is 0 Å². The molecule has 0 saturated carbocycles. The van der Waals surface area contributed by atoms with Gasteiger partial charge in [-0.2, -0.15) is 0 Å². The summed E-state index contributed by atoms with van der Waals surface area (Å²) in [5.74, 6) is 0.613. The number of ether oxygens (including phenoxy) is 1. The van der Waals surface area contributed by atoms with E-state index in [1.54, 1.807) is 23.0 Å². The number of benzene rings is 2. The number of nitrogens with zero attached hydrogens (tertiary/aromatic N) is 2. The zero-order valence-corrected chi connectivity index (χ0v) is 17.3.